The smallest absolute Gasteiger partial charge is 0.228 e. The van der Waals surface area contributed by atoms with Crippen LogP contribution < -0.4 is 5.32 Å². The van der Waals surface area contributed by atoms with E-state index in [0.717, 1.165) is 50.3 Å². The van der Waals surface area contributed by atoms with E-state index in [0.29, 0.717) is 0 Å². The number of thioether (sulfide) groups is 1. The van der Waals surface area contributed by atoms with Gasteiger partial charge in [-0.3, -0.25) is 14.6 Å². The molecule has 2 saturated heterocycles. The summed E-state index contributed by atoms with van der Waals surface area (Å²) in [6, 6.07) is 17.0. The van der Waals surface area contributed by atoms with Crippen LogP contribution in [0.2, 0.25) is 0 Å². The van der Waals surface area contributed by atoms with Crippen LogP contribution in [0.1, 0.15) is 29.5 Å². The Balaban J connectivity index is 1.32. The number of anilines is 1. The van der Waals surface area contributed by atoms with Crippen LogP contribution in [0.25, 0.3) is 0 Å². The Morgan fingerprint density at radius 2 is 1.77 bits per heavy atom. The van der Waals surface area contributed by atoms with Crippen LogP contribution in [-0.4, -0.2) is 53.4 Å². The second-order valence-electron chi connectivity index (χ2n) is 8.59. The summed E-state index contributed by atoms with van der Waals surface area (Å²) in [5.41, 5.74) is 4.77. The molecule has 2 aromatic carbocycles. The van der Waals surface area contributed by atoms with E-state index in [1.54, 1.807) is 0 Å². The fourth-order valence-electron chi connectivity index (χ4n) is 4.47. The molecule has 2 aliphatic rings. The van der Waals surface area contributed by atoms with Gasteiger partial charge in [-0.05, 0) is 49.1 Å². The van der Waals surface area contributed by atoms with Crippen LogP contribution >= 0.6 is 11.8 Å². The zero-order valence-corrected chi connectivity index (χ0v) is 18.8. The lowest BCUT2D eigenvalue weighted by Gasteiger charge is -2.32. The third kappa shape index (κ3) is 5.87. The van der Waals surface area contributed by atoms with E-state index >= 15 is 0 Å². The predicted octanol–water partition coefficient (Wildman–Crippen LogP) is 4.39. The molecule has 2 heterocycles. The van der Waals surface area contributed by atoms with Gasteiger partial charge in [0.05, 0.1) is 5.92 Å². The summed E-state index contributed by atoms with van der Waals surface area (Å²) in [5, 5.41) is 3.21. The van der Waals surface area contributed by atoms with Crippen molar-refractivity contribution in [3.05, 3.63) is 65.2 Å². The lowest BCUT2D eigenvalue weighted by molar-refractivity contribution is -0.121. The minimum Gasteiger partial charge on any atom is -0.326 e. The first-order valence-corrected chi connectivity index (χ1v) is 12.3. The highest BCUT2D eigenvalue weighted by Gasteiger charge is 2.26. The maximum atomic E-state index is 13.0. The van der Waals surface area contributed by atoms with Crippen molar-refractivity contribution >= 4 is 23.4 Å². The van der Waals surface area contributed by atoms with Gasteiger partial charge in [-0.1, -0.05) is 42.5 Å². The molecule has 160 valence electrons. The Hall–Kier alpha value is -1.82. The van der Waals surface area contributed by atoms with Crippen molar-refractivity contribution in [2.75, 3.05) is 43.0 Å². The molecule has 2 fully saturated rings. The summed E-state index contributed by atoms with van der Waals surface area (Å²) in [5.74, 6) is 2.69. The molecule has 0 bridgehead atoms. The van der Waals surface area contributed by atoms with Gasteiger partial charge in [-0.2, -0.15) is 11.8 Å². The van der Waals surface area contributed by atoms with Gasteiger partial charge in [0.1, 0.15) is 0 Å². The standard InChI is InChI=1S/C25H33N3OS/c1-20-16-22(18-27-12-14-30-15-13-27)9-10-24(20)26-25(29)23-8-5-11-28(19-23)17-21-6-3-2-4-7-21/h2-4,6-7,9-10,16,23H,5,8,11-15,17-19H2,1H3,(H,26,29). The zero-order chi connectivity index (χ0) is 20.8. The Bertz CT molecular complexity index is 836. The third-order valence-electron chi connectivity index (χ3n) is 6.18. The minimum absolute atomic E-state index is 0.0624. The molecular formula is C25H33N3OS. The quantitative estimate of drug-likeness (QED) is 0.747. The van der Waals surface area contributed by atoms with E-state index in [4.69, 9.17) is 0 Å². The number of likely N-dealkylation sites (tertiary alicyclic amines) is 1. The lowest BCUT2D eigenvalue weighted by Crippen LogP contribution is -2.40. The molecule has 1 N–H and O–H groups in total. The highest BCUT2D eigenvalue weighted by Crippen LogP contribution is 2.23. The maximum absolute atomic E-state index is 13.0. The van der Waals surface area contributed by atoms with E-state index in [9.17, 15) is 4.79 Å². The van der Waals surface area contributed by atoms with Crippen LogP contribution in [-0.2, 0) is 17.9 Å². The Kier molecular flexibility index (Phi) is 7.47. The third-order valence-corrected chi connectivity index (χ3v) is 7.13. The molecule has 0 aliphatic carbocycles. The van der Waals surface area contributed by atoms with E-state index < -0.39 is 0 Å². The molecular weight excluding hydrogens is 390 g/mol. The fourth-order valence-corrected chi connectivity index (χ4v) is 5.45. The highest BCUT2D eigenvalue weighted by atomic mass is 32.2. The molecule has 4 rings (SSSR count). The monoisotopic (exact) mass is 423 g/mol. The summed E-state index contributed by atoms with van der Waals surface area (Å²) < 4.78 is 0. The van der Waals surface area contributed by atoms with E-state index in [-0.39, 0.29) is 11.8 Å². The first kappa shape index (κ1) is 21.4. The van der Waals surface area contributed by atoms with Crippen LogP contribution in [0, 0.1) is 12.8 Å². The lowest BCUT2D eigenvalue weighted by atomic mass is 9.96. The second-order valence-corrected chi connectivity index (χ2v) is 9.81. The average Bonchev–Trinajstić information content (AvgIpc) is 2.77. The minimum atomic E-state index is 0.0624. The Morgan fingerprint density at radius 1 is 1.00 bits per heavy atom. The van der Waals surface area contributed by atoms with Crippen LogP contribution in [0.5, 0.6) is 0 Å². The van der Waals surface area contributed by atoms with Crippen LogP contribution in [0.4, 0.5) is 5.69 Å². The van der Waals surface area contributed by atoms with Crippen molar-refractivity contribution < 1.29 is 4.79 Å². The molecule has 1 unspecified atom stereocenters. The van der Waals surface area contributed by atoms with Gasteiger partial charge >= 0.3 is 0 Å². The van der Waals surface area contributed by atoms with Crippen LogP contribution in [0.15, 0.2) is 48.5 Å². The van der Waals surface area contributed by atoms with Crippen molar-refractivity contribution in [2.24, 2.45) is 5.92 Å². The molecule has 1 amide bonds. The number of aryl methyl sites for hydroxylation is 1. The van der Waals surface area contributed by atoms with Gasteiger partial charge in [-0.25, -0.2) is 0 Å². The molecule has 2 aliphatic heterocycles. The SMILES string of the molecule is Cc1cc(CN2CCSCC2)ccc1NC(=O)C1CCCN(Cc2ccccc2)C1. The molecule has 5 heteroatoms. The normalized spacial score (nSPS) is 20.8. The summed E-state index contributed by atoms with van der Waals surface area (Å²) in [6.07, 6.45) is 2.05. The Morgan fingerprint density at radius 3 is 2.53 bits per heavy atom. The van der Waals surface area contributed by atoms with E-state index in [1.165, 1.54) is 35.7 Å². The average molecular weight is 424 g/mol. The molecule has 2 aromatic rings. The number of benzene rings is 2. The van der Waals surface area contributed by atoms with Crippen LogP contribution in [0.3, 0.4) is 0 Å². The molecule has 1 atom stereocenters. The van der Waals surface area contributed by atoms with Crippen molar-refractivity contribution in [1.29, 1.82) is 0 Å². The number of hydrogen-bond donors (Lipinski definition) is 1. The number of hydrogen-bond acceptors (Lipinski definition) is 4. The molecule has 0 spiro atoms. The van der Waals surface area contributed by atoms with Gasteiger partial charge in [0.25, 0.3) is 0 Å². The number of carbonyl (C=O) groups is 1. The molecule has 0 saturated carbocycles. The number of amides is 1. The molecule has 0 radical (unpaired) electrons. The van der Waals surface area contributed by atoms with E-state index in [1.807, 2.05) is 11.8 Å². The summed E-state index contributed by atoms with van der Waals surface area (Å²) >= 11 is 2.04. The van der Waals surface area contributed by atoms with Crippen molar-refractivity contribution in [2.45, 2.75) is 32.9 Å². The number of piperidine rings is 1. The summed E-state index contributed by atoms with van der Waals surface area (Å²) in [6.45, 7) is 8.28. The molecule has 4 nitrogen and oxygen atoms in total. The maximum Gasteiger partial charge on any atom is 0.228 e. The van der Waals surface area contributed by atoms with Crippen molar-refractivity contribution in [3.63, 3.8) is 0 Å². The summed E-state index contributed by atoms with van der Waals surface area (Å²) in [4.78, 5) is 17.9. The second kappa shape index (κ2) is 10.5. The fraction of sp³-hybridized carbons (Fsp3) is 0.480. The van der Waals surface area contributed by atoms with Gasteiger partial charge in [0.15, 0.2) is 0 Å². The van der Waals surface area contributed by atoms with Gasteiger partial charge in [0.2, 0.25) is 5.91 Å². The van der Waals surface area contributed by atoms with Crippen molar-refractivity contribution in [1.82, 2.24) is 9.80 Å². The molecule has 0 aromatic heterocycles. The molecule has 30 heavy (non-hydrogen) atoms. The first-order chi connectivity index (χ1) is 14.7. The highest BCUT2D eigenvalue weighted by molar-refractivity contribution is 7.99. The largest absolute Gasteiger partial charge is 0.326 e. The first-order valence-electron chi connectivity index (χ1n) is 11.1. The van der Waals surface area contributed by atoms with Gasteiger partial charge in [-0.15, -0.1) is 0 Å². The van der Waals surface area contributed by atoms with Gasteiger partial charge in [0, 0.05) is 49.9 Å². The Labute approximate surface area is 185 Å². The van der Waals surface area contributed by atoms with E-state index in [2.05, 4.69) is 70.6 Å². The predicted molar refractivity (Wildman–Crippen MR) is 127 cm³/mol. The van der Waals surface area contributed by atoms with Gasteiger partial charge < -0.3 is 5.32 Å². The zero-order valence-electron chi connectivity index (χ0n) is 18.0. The topological polar surface area (TPSA) is 35.6 Å². The number of carbonyl (C=O) groups excluding carboxylic acids is 1. The summed E-state index contributed by atoms with van der Waals surface area (Å²) in [7, 11) is 0. The number of nitrogens with zero attached hydrogens (tertiary/aromatic N) is 2. The number of rotatable bonds is 6. The number of nitrogens with one attached hydrogen (secondary N) is 1. The van der Waals surface area contributed by atoms with Crippen molar-refractivity contribution in [3.8, 4) is 0 Å².